The Labute approximate surface area is 172 Å². The van der Waals surface area contributed by atoms with E-state index in [1.54, 1.807) is 13.8 Å². The van der Waals surface area contributed by atoms with E-state index in [4.69, 9.17) is 24.7 Å². The molecule has 0 radical (unpaired) electrons. The minimum atomic E-state index is -1.82. The fourth-order valence-corrected chi connectivity index (χ4v) is 3.09. The number of esters is 1. The second kappa shape index (κ2) is 10.6. The smallest absolute Gasteiger partial charge is 0.323 e. The highest BCUT2D eigenvalue weighted by Crippen LogP contribution is 2.29. The Morgan fingerprint density at radius 1 is 0.933 bits per heavy atom. The lowest BCUT2D eigenvalue weighted by Crippen LogP contribution is -2.64. The lowest BCUT2D eigenvalue weighted by molar-refractivity contribution is -0.355. The van der Waals surface area contributed by atoms with Gasteiger partial charge in [0.2, 0.25) is 0 Å². The third-order valence-corrected chi connectivity index (χ3v) is 5.18. The topological polar surface area (TPSA) is 222 Å². The number of nitrogens with two attached hydrogens (primary N) is 1. The van der Waals surface area contributed by atoms with Gasteiger partial charge in [-0.05, 0) is 5.92 Å². The van der Waals surface area contributed by atoms with Crippen LogP contribution in [0.2, 0.25) is 0 Å². The van der Waals surface area contributed by atoms with Crippen molar-refractivity contribution in [2.24, 2.45) is 11.7 Å². The van der Waals surface area contributed by atoms with Gasteiger partial charge in [0, 0.05) is 0 Å². The Morgan fingerprint density at radius 3 is 2.13 bits per heavy atom. The van der Waals surface area contributed by atoms with E-state index in [2.05, 4.69) is 0 Å². The Balaban J connectivity index is 2.13. The van der Waals surface area contributed by atoms with Crippen molar-refractivity contribution >= 4 is 5.97 Å². The molecule has 9 N–H and O–H groups in total. The fraction of sp³-hybridized carbons (Fsp3) is 0.941. The van der Waals surface area contributed by atoms with Crippen LogP contribution in [-0.4, -0.2) is 122 Å². The standard InChI is InChI=1S/C17H31NO12/c1-5(2)8(18)15(25)27-4-7-14(11(22)12(23)16(26)28-7)30-17-13(24)10(21)9(20)6(3-19)29-17/h5-14,16-17,19-24,26H,3-4,18H2,1-2H3/t6-,7-,8+,9-,10+,11-,12-,13-,14-,16?,17-/m1/s1. The summed E-state index contributed by atoms with van der Waals surface area (Å²) in [5.74, 6) is -0.987. The first-order valence-electron chi connectivity index (χ1n) is 9.57. The van der Waals surface area contributed by atoms with Crippen LogP contribution < -0.4 is 5.73 Å². The van der Waals surface area contributed by atoms with Crippen LogP contribution in [0.1, 0.15) is 13.8 Å². The second-order valence-electron chi connectivity index (χ2n) is 7.74. The number of aliphatic hydroxyl groups is 7. The van der Waals surface area contributed by atoms with Crippen molar-refractivity contribution in [2.45, 2.75) is 81.3 Å². The molecular weight excluding hydrogens is 410 g/mol. The van der Waals surface area contributed by atoms with Crippen molar-refractivity contribution in [3.8, 4) is 0 Å². The molecule has 2 aliphatic rings. The molecule has 0 aromatic heterocycles. The maximum absolute atomic E-state index is 12.0. The van der Waals surface area contributed by atoms with Gasteiger partial charge in [-0.25, -0.2) is 0 Å². The molecule has 13 heteroatoms. The molecule has 0 spiro atoms. The van der Waals surface area contributed by atoms with E-state index in [-0.39, 0.29) is 5.92 Å². The summed E-state index contributed by atoms with van der Waals surface area (Å²) < 4.78 is 20.9. The van der Waals surface area contributed by atoms with Crippen LogP contribution in [-0.2, 0) is 23.7 Å². The van der Waals surface area contributed by atoms with E-state index in [1.165, 1.54) is 0 Å². The van der Waals surface area contributed by atoms with Crippen LogP contribution in [0.4, 0.5) is 0 Å². The quantitative estimate of drug-likeness (QED) is 0.174. The molecule has 2 fully saturated rings. The number of hydrogen-bond acceptors (Lipinski definition) is 13. The van der Waals surface area contributed by atoms with Gasteiger partial charge in [-0.3, -0.25) is 4.79 Å². The SMILES string of the molecule is CC(C)[C@H](N)C(=O)OC[C@H]1OC(O)[C@H](O)[C@@H](O)[C@@H]1O[C@H]1O[C@H](CO)[C@@H](O)[C@H](O)[C@H]1O. The summed E-state index contributed by atoms with van der Waals surface area (Å²) in [6.45, 7) is 2.18. The highest BCUT2D eigenvalue weighted by atomic mass is 16.7. The number of carbonyl (C=O) groups is 1. The van der Waals surface area contributed by atoms with Gasteiger partial charge in [-0.1, -0.05) is 13.8 Å². The number of aliphatic hydroxyl groups excluding tert-OH is 7. The van der Waals surface area contributed by atoms with E-state index in [0.29, 0.717) is 0 Å². The Bertz CT molecular complexity index is 563. The van der Waals surface area contributed by atoms with Crippen LogP contribution in [0.5, 0.6) is 0 Å². The van der Waals surface area contributed by atoms with E-state index < -0.39 is 86.6 Å². The van der Waals surface area contributed by atoms with Crippen LogP contribution in [0.15, 0.2) is 0 Å². The van der Waals surface area contributed by atoms with Gasteiger partial charge in [0.05, 0.1) is 6.61 Å². The van der Waals surface area contributed by atoms with E-state index >= 15 is 0 Å². The molecule has 11 atom stereocenters. The molecule has 2 saturated heterocycles. The molecule has 1 unspecified atom stereocenters. The average Bonchev–Trinajstić information content (AvgIpc) is 2.71. The molecule has 2 aliphatic heterocycles. The second-order valence-corrected chi connectivity index (χ2v) is 7.74. The first-order valence-corrected chi connectivity index (χ1v) is 9.57. The summed E-state index contributed by atoms with van der Waals surface area (Å²) in [6.07, 6.45) is -16.3. The first-order chi connectivity index (χ1) is 14.0. The molecule has 0 amide bonds. The van der Waals surface area contributed by atoms with Crippen molar-refractivity contribution in [1.29, 1.82) is 0 Å². The molecule has 0 bridgehead atoms. The largest absolute Gasteiger partial charge is 0.462 e. The summed E-state index contributed by atoms with van der Waals surface area (Å²) in [6, 6.07) is -0.932. The summed E-state index contributed by atoms with van der Waals surface area (Å²) in [5.41, 5.74) is 5.70. The molecule has 0 aromatic rings. The molecular formula is C17H31NO12. The summed E-state index contributed by atoms with van der Waals surface area (Å²) in [5, 5.41) is 69.1. The first kappa shape index (κ1) is 25.3. The number of ether oxygens (including phenoxy) is 4. The van der Waals surface area contributed by atoms with Crippen molar-refractivity contribution < 1.29 is 59.5 Å². The van der Waals surface area contributed by atoms with Gasteiger partial charge in [-0.2, -0.15) is 0 Å². The Kier molecular flexibility index (Phi) is 8.91. The van der Waals surface area contributed by atoms with Crippen molar-refractivity contribution in [3.63, 3.8) is 0 Å². The summed E-state index contributed by atoms with van der Waals surface area (Å²) in [7, 11) is 0. The minimum Gasteiger partial charge on any atom is -0.462 e. The summed E-state index contributed by atoms with van der Waals surface area (Å²) in [4.78, 5) is 12.0. The van der Waals surface area contributed by atoms with Gasteiger partial charge in [-0.15, -0.1) is 0 Å². The third-order valence-electron chi connectivity index (χ3n) is 5.18. The lowest BCUT2D eigenvalue weighted by Gasteiger charge is -2.45. The van der Waals surface area contributed by atoms with E-state index in [9.17, 15) is 40.5 Å². The highest BCUT2D eigenvalue weighted by Gasteiger charge is 2.50. The van der Waals surface area contributed by atoms with Crippen LogP contribution in [0.25, 0.3) is 0 Å². The van der Waals surface area contributed by atoms with Gasteiger partial charge in [0.25, 0.3) is 0 Å². The lowest BCUT2D eigenvalue weighted by atomic mass is 9.97. The van der Waals surface area contributed by atoms with Crippen LogP contribution in [0.3, 0.4) is 0 Å². The zero-order valence-corrected chi connectivity index (χ0v) is 16.6. The fourth-order valence-electron chi connectivity index (χ4n) is 3.09. The number of rotatable bonds is 7. The monoisotopic (exact) mass is 441 g/mol. The molecule has 13 nitrogen and oxygen atoms in total. The van der Waals surface area contributed by atoms with Gasteiger partial charge in [0.1, 0.15) is 61.5 Å². The average molecular weight is 441 g/mol. The molecule has 0 saturated carbocycles. The number of hydrogen-bond donors (Lipinski definition) is 8. The van der Waals surface area contributed by atoms with Crippen LogP contribution in [0, 0.1) is 5.92 Å². The van der Waals surface area contributed by atoms with Gasteiger partial charge >= 0.3 is 5.97 Å². The normalized spacial score (nSPS) is 43.4. The van der Waals surface area contributed by atoms with Crippen molar-refractivity contribution in [2.75, 3.05) is 13.2 Å². The van der Waals surface area contributed by atoms with E-state index in [1.807, 2.05) is 0 Å². The molecule has 0 aliphatic carbocycles. The van der Waals surface area contributed by atoms with E-state index in [0.717, 1.165) is 0 Å². The van der Waals surface area contributed by atoms with Crippen molar-refractivity contribution in [1.82, 2.24) is 0 Å². The Hall–Kier alpha value is -0.970. The van der Waals surface area contributed by atoms with Gasteiger partial charge < -0.3 is 60.4 Å². The highest BCUT2D eigenvalue weighted by molar-refractivity contribution is 5.75. The molecule has 176 valence electrons. The van der Waals surface area contributed by atoms with Crippen molar-refractivity contribution in [3.05, 3.63) is 0 Å². The zero-order valence-electron chi connectivity index (χ0n) is 16.6. The Morgan fingerprint density at radius 2 is 1.57 bits per heavy atom. The third kappa shape index (κ3) is 5.44. The summed E-state index contributed by atoms with van der Waals surface area (Å²) >= 11 is 0. The zero-order chi connectivity index (χ0) is 22.7. The maximum Gasteiger partial charge on any atom is 0.323 e. The predicted octanol–water partition coefficient (Wildman–Crippen LogP) is -4.86. The molecule has 2 heterocycles. The molecule has 2 rings (SSSR count). The molecule has 0 aromatic carbocycles. The molecule has 30 heavy (non-hydrogen) atoms. The maximum atomic E-state index is 12.0. The number of carbonyl (C=O) groups excluding carboxylic acids is 1. The van der Waals surface area contributed by atoms with Gasteiger partial charge in [0.15, 0.2) is 12.6 Å². The minimum absolute atomic E-state index is 0.219. The predicted molar refractivity (Wildman–Crippen MR) is 95.3 cm³/mol. The van der Waals surface area contributed by atoms with Crippen LogP contribution >= 0.6 is 0 Å².